The molecule has 0 aliphatic carbocycles. The summed E-state index contributed by atoms with van der Waals surface area (Å²) in [6, 6.07) is 13.7. The zero-order valence-electron chi connectivity index (χ0n) is 11.5. The molecular formula is C15H16N2O3S. The van der Waals surface area contributed by atoms with Gasteiger partial charge in [0.2, 0.25) is 15.9 Å². The number of carbonyl (C=O) groups is 1. The summed E-state index contributed by atoms with van der Waals surface area (Å²) in [5.41, 5.74) is 6.76. The van der Waals surface area contributed by atoms with E-state index < -0.39 is 22.0 Å². The van der Waals surface area contributed by atoms with Crippen LogP contribution in [0.25, 0.3) is 0 Å². The van der Waals surface area contributed by atoms with Gasteiger partial charge in [0.25, 0.3) is 0 Å². The topological polar surface area (TPSA) is 89.3 Å². The van der Waals surface area contributed by atoms with E-state index in [4.69, 9.17) is 5.73 Å². The highest BCUT2D eigenvalue weighted by Crippen LogP contribution is 2.17. The fourth-order valence-corrected chi connectivity index (χ4v) is 3.07. The largest absolute Gasteiger partial charge is 0.368 e. The molecule has 110 valence electrons. The summed E-state index contributed by atoms with van der Waals surface area (Å²) >= 11 is 0. The molecule has 3 N–H and O–H groups in total. The van der Waals surface area contributed by atoms with Gasteiger partial charge >= 0.3 is 0 Å². The summed E-state index contributed by atoms with van der Waals surface area (Å²) in [5, 5.41) is 0. The van der Waals surface area contributed by atoms with Gasteiger partial charge in [-0.3, -0.25) is 4.79 Å². The lowest BCUT2D eigenvalue weighted by atomic mass is 10.1. The van der Waals surface area contributed by atoms with Crippen LogP contribution in [0.3, 0.4) is 0 Å². The number of amides is 1. The molecule has 0 heterocycles. The van der Waals surface area contributed by atoms with Crippen LogP contribution in [-0.4, -0.2) is 14.3 Å². The first-order chi connectivity index (χ1) is 9.90. The van der Waals surface area contributed by atoms with Gasteiger partial charge in [-0.1, -0.05) is 48.0 Å². The maximum Gasteiger partial charge on any atom is 0.241 e. The van der Waals surface area contributed by atoms with E-state index in [1.807, 2.05) is 6.92 Å². The molecule has 0 spiro atoms. The van der Waals surface area contributed by atoms with E-state index in [1.54, 1.807) is 42.5 Å². The molecule has 0 aromatic heterocycles. The van der Waals surface area contributed by atoms with Gasteiger partial charge in [0.15, 0.2) is 0 Å². The summed E-state index contributed by atoms with van der Waals surface area (Å²) in [6.07, 6.45) is 0. The van der Waals surface area contributed by atoms with Gasteiger partial charge in [0, 0.05) is 0 Å². The lowest BCUT2D eigenvalue weighted by Gasteiger charge is -2.16. The summed E-state index contributed by atoms with van der Waals surface area (Å²) in [6.45, 7) is 1.86. The van der Waals surface area contributed by atoms with Gasteiger partial charge in [-0.25, -0.2) is 8.42 Å². The highest BCUT2D eigenvalue weighted by molar-refractivity contribution is 7.89. The molecule has 0 aliphatic rings. The Kier molecular flexibility index (Phi) is 4.40. The smallest absolute Gasteiger partial charge is 0.241 e. The summed E-state index contributed by atoms with van der Waals surface area (Å²) in [5.74, 6) is -0.753. The zero-order chi connectivity index (χ0) is 15.5. The van der Waals surface area contributed by atoms with Crippen molar-refractivity contribution in [3.05, 3.63) is 65.7 Å². The van der Waals surface area contributed by atoms with Crippen LogP contribution in [0.5, 0.6) is 0 Å². The number of hydrogen-bond donors (Lipinski definition) is 2. The maximum atomic E-state index is 12.3. The van der Waals surface area contributed by atoms with E-state index in [0.29, 0.717) is 5.56 Å². The molecule has 21 heavy (non-hydrogen) atoms. The Bertz CT molecular complexity index is 725. The van der Waals surface area contributed by atoms with Crippen molar-refractivity contribution in [3.8, 4) is 0 Å². The van der Waals surface area contributed by atoms with Crippen molar-refractivity contribution in [2.45, 2.75) is 17.9 Å². The van der Waals surface area contributed by atoms with Crippen molar-refractivity contribution in [2.24, 2.45) is 5.73 Å². The van der Waals surface area contributed by atoms with E-state index in [2.05, 4.69) is 4.72 Å². The van der Waals surface area contributed by atoms with Gasteiger partial charge in [0.05, 0.1) is 4.90 Å². The van der Waals surface area contributed by atoms with Crippen LogP contribution in [-0.2, 0) is 14.8 Å². The molecule has 0 unspecified atom stereocenters. The van der Waals surface area contributed by atoms with Crippen molar-refractivity contribution in [3.63, 3.8) is 0 Å². The fourth-order valence-electron chi connectivity index (χ4n) is 1.88. The summed E-state index contributed by atoms with van der Waals surface area (Å²) in [7, 11) is -3.82. The van der Waals surface area contributed by atoms with Crippen LogP contribution in [0.15, 0.2) is 59.5 Å². The van der Waals surface area contributed by atoms with Crippen LogP contribution in [0.2, 0.25) is 0 Å². The lowest BCUT2D eigenvalue weighted by Crippen LogP contribution is -2.37. The molecule has 0 bridgehead atoms. The first-order valence-corrected chi connectivity index (χ1v) is 7.82. The Morgan fingerprint density at radius 3 is 2.14 bits per heavy atom. The molecule has 0 aliphatic heterocycles. The third kappa shape index (κ3) is 3.68. The van der Waals surface area contributed by atoms with E-state index >= 15 is 0 Å². The first-order valence-electron chi connectivity index (χ1n) is 6.33. The van der Waals surface area contributed by atoms with Gasteiger partial charge in [-0.15, -0.1) is 0 Å². The Hall–Kier alpha value is -2.18. The molecule has 5 nitrogen and oxygen atoms in total. The molecule has 0 fully saturated rings. The van der Waals surface area contributed by atoms with Gasteiger partial charge < -0.3 is 5.73 Å². The Morgan fingerprint density at radius 1 is 1.05 bits per heavy atom. The number of sulfonamides is 1. The average Bonchev–Trinajstić information content (AvgIpc) is 2.46. The molecule has 1 atom stereocenters. The molecule has 2 aromatic carbocycles. The third-order valence-electron chi connectivity index (χ3n) is 3.02. The lowest BCUT2D eigenvalue weighted by molar-refractivity contribution is -0.119. The summed E-state index contributed by atoms with van der Waals surface area (Å²) in [4.78, 5) is 11.7. The number of hydrogen-bond acceptors (Lipinski definition) is 3. The highest BCUT2D eigenvalue weighted by atomic mass is 32.2. The second-order valence-corrected chi connectivity index (χ2v) is 6.39. The quantitative estimate of drug-likeness (QED) is 0.877. The van der Waals surface area contributed by atoms with Crippen molar-refractivity contribution >= 4 is 15.9 Å². The summed E-state index contributed by atoms with van der Waals surface area (Å²) < 4.78 is 27.0. The number of benzene rings is 2. The molecule has 0 saturated carbocycles. The molecule has 2 aromatic rings. The molecule has 0 radical (unpaired) electrons. The van der Waals surface area contributed by atoms with E-state index in [1.165, 1.54) is 12.1 Å². The SMILES string of the molecule is Cc1ccc(S(=O)(=O)N[C@H](C(N)=O)c2ccccc2)cc1. The van der Waals surface area contributed by atoms with Gasteiger partial charge in [-0.05, 0) is 24.6 Å². The minimum Gasteiger partial charge on any atom is -0.368 e. The second kappa shape index (κ2) is 6.07. The Balaban J connectivity index is 2.32. The predicted octanol–water partition coefficient (Wildman–Crippen LogP) is 1.50. The normalized spacial score (nSPS) is 12.8. The second-order valence-electron chi connectivity index (χ2n) is 4.68. The van der Waals surface area contributed by atoms with E-state index in [0.717, 1.165) is 5.56 Å². The fraction of sp³-hybridized carbons (Fsp3) is 0.133. The van der Waals surface area contributed by atoms with Crippen molar-refractivity contribution in [1.29, 1.82) is 0 Å². The Morgan fingerprint density at radius 2 is 1.62 bits per heavy atom. The Labute approximate surface area is 123 Å². The van der Waals surface area contributed by atoms with E-state index in [-0.39, 0.29) is 4.90 Å². The number of carbonyl (C=O) groups excluding carboxylic acids is 1. The van der Waals surface area contributed by atoms with Crippen LogP contribution < -0.4 is 10.5 Å². The van der Waals surface area contributed by atoms with Crippen LogP contribution in [0.4, 0.5) is 0 Å². The molecule has 6 heteroatoms. The van der Waals surface area contributed by atoms with E-state index in [9.17, 15) is 13.2 Å². The number of rotatable bonds is 5. The van der Waals surface area contributed by atoms with Crippen LogP contribution >= 0.6 is 0 Å². The number of nitrogens with one attached hydrogen (secondary N) is 1. The minimum absolute atomic E-state index is 0.0929. The monoisotopic (exact) mass is 304 g/mol. The molecule has 2 rings (SSSR count). The number of primary amides is 1. The van der Waals surface area contributed by atoms with Crippen molar-refractivity contribution < 1.29 is 13.2 Å². The number of nitrogens with two attached hydrogens (primary N) is 1. The molecule has 1 amide bonds. The minimum atomic E-state index is -3.82. The van der Waals surface area contributed by atoms with Crippen molar-refractivity contribution in [1.82, 2.24) is 4.72 Å². The average molecular weight is 304 g/mol. The van der Waals surface area contributed by atoms with Gasteiger partial charge in [-0.2, -0.15) is 4.72 Å². The number of aryl methyl sites for hydroxylation is 1. The van der Waals surface area contributed by atoms with Crippen LogP contribution in [0, 0.1) is 6.92 Å². The first kappa shape index (κ1) is 15.2. The van der Waals surface area contributed by atoms with Crippen molar-refractivity contribution in [2.75, 3.05) is 0 Å². The maximum absolute atomic E-state index is 12.3. The molecular weight excluding hydrogens is 288 g/mol. The highest BCUT2D eigenvalue weighted by Gasteiger charge is 2.25. The van der Waals surface area contributed by atoms with Crippen LogP contribution in [0.1, 0.15) is 17.2 Å². The third-order valence-corrected chi connectivity index (χ3v) is 4.46. The van der Waals surface area contributed by atoms with Gasteiger partial charge in [0.1, 0.15) is 6.04 Å². The molecule has 0 saturated heterocycles. The zero-order valence-corrected chi connectivity index (χ0v) is 12.3. The predicted molar refractivity (Wildman–Crippen MR) is 79.9 cm³/mol. The standard InChI is InChI=1S/C15H16N2O3S/c1-11-7-9-13(10-8-11)21(19,20)17-14(15(16)18)12-5-3-2-4-6-12/h2-10,14,17H,1H3,(H2,16,18)/t14-/m0/s1.